The van der Waals surface area contributed by atoms with Crippen molar-refractivity contribution in [2.75, 3.05) is 59.9 Å². The van der Waals surface area contributed by atoms with Crippen molar-refractivity contribution in [2.45, 2.75) is 6.42 Å². The lowest BCUT2D eigenvalue weighted by Crippen LogP contribution is -2.42. The molecule has 18 heavy (non-hydrogen) atoms. The summed E-state index contributed by atoms with van der Waals surface area (Å²) < 4.78 is 0. The van der Waals surface area contributed by atoms with Gasteiger partial charge in [-0.15, -0.1) is 6.58 Å². The minimum absolute atomic E-state index is 0.744. The highest BCUT2D eigenvalue weighted by atomic mass is 15.2. The normalized spacial score (nSPS) is 19.3. The molecule has 0 unspecified atom stereocenters. The molecule has 0 aromatic heterocycles. The van der Waals surface area contributed by atoms with Crippen molar-refractivity contribution in [3.63, 3.8) is 0 Å². The summed E-state index contributed by atoms with van der Waals surface area (Å²) in [5, 5.41) is 6.49. The van der Waals surface area contributed by atoms with Crippen LogP contribution >= 0.6 is 0 Å². The number of nitrogens with zero attached hydrogens (tertiary/aromatic N) is 3. The van der Waals surface area contributed by atoms with Crippen LogP contribution in [0.2, 0.25) is 0 Å². The monoisotopic (exact) mass is 253 g/mol. The first-order valence-corrected chi connectivity index (χ1v) is 6.72. The molecule has 2 N–H and O–H groups in total. The topological polar surface area (TPSA) is 42.9 Å². The Balaban J connectivity index is 2.17. The van der Waals surface area contributed by atoms with Gasteiger partial charge in [0.05, 0.1) is 0 Å². The quantitative estimate of drug-likeness (QED) is 0.410. The van der Waals surface area contributed by atoms with Crippen molar-refractivity contribution in [3.8, 4) is 0 Å². The van der Waals surface area contributed by atoms with Crippen molar-refractivity contribution in [2.24, 2.45) is 4.99 Å². The number of nitrogens with one attached hydrogen (secondary N) is 2. The zero-order valence-corrected chi connectivity index (χ0v) is 11.8. The molecule has 0 aromatic carbocycles. The Bertz CT molecular complexity index is 264. The number of hydrogen-bond donors (Lipinski definition) is 2. The Morgan fingerprint density at radius 2 is 2.11 bits per heavy atom. The summed E-state index contributed by atoms with van der Waals surface area (Å²) in [6, 6.07) is 0. The van der Waals surface area contributed by atoms with E-state index in [1.807, 2.05) is 6.08 Å². The molecule has 5 nitrogen and oxygen atoms in total. The van der Waals surface area contributed by atoms with E-state index in [0.717, 1.165) is 32.1 Å². The van der Waals surface area contributed by atoms with E-state index in [0.29, 0.717) is 0 Å². The van der Waals surface area contributed by atoms with Crippen molar-refractivity contribution >= 4 is 5.96 Å². The molecule has 1 aliphatic heterocycles. The molecule has 0 amide bonds. The standard InChI is InChI=1S/C13H27N5/c1-4-6-15-13(14-2)16-7-10-18-9-5-8-17(3)11-12-18/h4H,1,5-12H2,2-3H3,(H2,14,15,16). The highest BCUT2D eigenvalue weighted by molar-refractivity contribution is 5.79. The highest BCUT2D eigenvalue weighted by Crippen LogP contribution is 1.99. The molecule has 1 fully saturated rings. The maximum absolute atomic E-state index is 4.16. The maximum Gasteiger partial charge on any atom is 0.191 e. The van der Waals surface area contributed by atoms with E-state index < -0.39 is 0 Å². The van der Waals surface area contributed by atoms with E-state index in [1.54, 1.807) is 7.05 Å². The van der Waals surface area contributed by atoms with Crippen LogP contribution in [0, 0.1) is 0 Å². The van der Waals surface area contributed by atoms with Gasteiger partial charge in [0.15, 0.2) is 5.96 Å². The highest BCUT2D eigenvalue weighted by Gasteiger charge is 2.11. The molecule has 1 rings (SSSR count). The maximum atomic E-state index is 4.16. The van der Waals surface area contributed by atoms with Crippen LogP contribution in [0.4, 0.5) is 0 Å². The number of aliphatic imine (C=N–C) groups is 1. The molecule has 0 aromatic rings. The largest absolute Gasteiger partial charge is 0.355 e. The fraction of sp³-hybridized carbons (Fsp3) is 0.769. The Kier molecular flexibility index (Phi) is 7.44. The van der Waals surface area contributed by atoms with E-state index in [2.05, 4.69) is 39.1 Å². The Morgan fingerprint density at radius 3 is 2.83 bits per heavy atom. The van der Waals surface area contributed by atoms with Gasteiger partial charge in [0, 0.05) is 39.8 Å². The Hall–Kier alpha value is -1.07. The van der Waals surface area contributed by atoms with Gasteiger partial charge >= 0.3 is 0 Å². The zero-order chi connectivity index (χ0) is 13.2. The summed E-state index contributed by atoms with van der Waals surface area (Å²) in [4.78, 5) is 9.07. The average Bonchev–Trinajstić information content (AvgIpc) is 2.58. The van der Waals surface area contributed by atoms with Gasteiger partial charge in [-0.3, -0.25) is 4.99 Å². The van der Waals surface area contributed by atoms with Gasteiger partial charge in [-0.2, -0.15) is 0 Å². The van der Waals surface area contributed by atoms with Crippen molar-refractivity contribution in [1.29, 1.82) is 0 Å². The number of likely N-dealkylation sites (N-methyl/N-ethyl adjacent to an activating group) is 1. The van der Waals surface area contributed by atoms with E-state index in [-0.39, 0.29) is 0 Å². The van der Waals surface area contributed by atoms with E-state index in [4.69, 9.17) is 0 Å². The summed E-state index contributed by atoms with van der Waals surface area (Å²) in [5.74, 6) is 0.849. The first kappa shape index (κ1) is 15.0. The third-order valence-electron chi connectivity index (χ3n) is 3.17. The van der Waals surface area contributed by atoms with Crippen LogP contribution in [-0.2, 0) is 0 Å². The van der Waals surface area contributed by atoms with Gasteiger partial charge < -0.3 is 20.4 Å². The lowest BCUT2D eigenvalue weighted by Gasteiger charge is -2.20. The third-order valence-corrected chi connectivity index (χ3v) is 3.17. The van der Waals surface area contributed by atoms with Crippen LogP contribution < -0.4 is 10.6 Å². The molecule has 0 aliphatic carbocycles. The summed E-state index contributed by atoms with van der Waals surface area (Å²) in [5.41, 5.74) is 0. The lowest BCUT2D eigenvalue weighted by atomic mass is 10.4. The Labute approximate surface area is 111 Å². The molecular weight excluding hydrogens is 226 g/mol. The molecule has 5 heteroatoms. The first-order valence-electron chi connectivity index (χ1n) is 6.72. The first-order chi connectivity index (χ1) is 8.76. The molecule has 1 heterocycles. The van der Waals surface area contributed by atoms with Gasteiger partial charge in [-0.1, -0.05) is 6.08 Å². The van der Waals surface area contributed by atoms with Crippen molar-refractivity contribution in [1.82, 2.24) is 20.4 Å². The molecule has 104 valence electrons. The molecule has 1 saturated heterocycles. The zero-order valence-electron chi connectivity index (χ0n) is 11.8. The lowest BCUT2D eigenvalue weighted by molar-refractivity contribution is 0.280. The second-order valence-electron chi connectivity index (χ2n) is 4.67. The number of rotatable bonds is 5. The summed E-state index contributed by atoms with van der Waals surface area (Å²) in [7, 11) is 3.99. The Morgan fingerprint density at radius 1 is 1.28 bits per heavy atom. The van der Waals surface area contributed by atoms with Crippen LogP contribution in [0.15, 0.2) is 17.6 Å². The van der Waals surface area contributed by atoms with Crippen LogP contribution in [-0.4, -0.2) is 75.7 Å². The molecule has 0 spiro atoms. The van der Waals surface area contributed by atoms with E-state index >= 15 is 0 Å². The van der Waals surface area contributed by atoms with Gasteiger partial charge in [-0.05, 0) is 26.6 Å². The average molecular weight is 253 g/mol. The number of guanidine groups is 1. The second kappa shape index (κ2) is 8.94. The van der Waals surface area contributed by atoms with Crippen LogP contribution in [0.3, 0.4) is 0 Å². The fourth-order valence-electron chi connectivity index (χ4n) is 2.05. The molecule has 0 saturated carbocycles. The molecule has 0 atom stereocenters. The fourth-order valence-corrected chi connectivity index (χ4v) is 2.05. The van der Waals surface area contributed by atoms with Crippen LogP contribution in [0.1, 0.15) is 6.42 Å². The summed E-state index contributed by atoms with van der Waals surface area (Å²) in [6.45, 7) is 11.2. The molecular formula is C13H27N5. The summed E-state index contributed by atoms with van der Waals surface area (Å²) in [6.07, 6.45) is 3.09. The van der Waals surface area contributed by atoms with E-state index in [9.17, 15) is 0 Å². The predicted molar refractivity (Wildman–Crippen MR) is 78.1 cm³/mol. The van der Waals surface area contributed by atoms with Gasteiger partial charge in [0.2, 0.25) is 0 Å². The van der Waals surface area contributed by atoms with Crippen LogP contribution in [0.5, 0.6) is 0 Å². The van der Waals surface area contributed by atoms with Gasteiger partial charge in [0.25, 0.3) is 0 Å². The van der Waals surface area contributed by atoms with Crippen molar-refractivity contribution in [3.05, 3.63) is 12.7 Å². The van der Waals surface area contributed by atoms with Gasteiger partial charge in [-0.25, -0.2) is 0 Å². The molecule has 0 radical (unpaired) electrons. The van der Waals surface area contributed by atoms with Gasteiger partial charge in [0.1, 0.15) is 0 Å². The second-order valence-corrected chi connectivity index (χ2v) is 4.67. The SMILES string of the molecule is C=CCNC(=NC)NCCN1CCCN(C)CC1. The predicted octanol–water partition coefficient (Wildman–Crippen LogP) is -0.0251. The minimum Gasteiger partial charge on any atom is -0.355 e. The summed E-state index contributed by atoms with van der Waals surface area (Å²) >= 11 is 0. The van der Waals surface area contributed by atoms with Crippen LogP contribution in [0.25, 0.3) is 0 Å². The smallest absolute Gasteiger partial charge is 0.191 e. The minimum atomic E-state index is 0.744. The molecule has 0 bridgehead atoms. The molecule has 1 aliphatic rings. The van der Waals surface area contributed by atoms with E-state index in [1.165, 1.54) is 26.1 Å². The van der Waals surface area contributed by atoms with Crippen molar-refractivity contribution < 1.29 is 0 Å². The number of hydrogen-bond acceptors (Lipinski definition) is 3. The third kappa shape index (κ3) is 6.02.